The molecular formula is C24H28N2O. The zero-order chi connectivity index (χ0) is 19.6. The maximum Gasteiger partial charge on any atom is 0.272 e. The number of hydrogen-bond donors (Lipinski definition) is 1. The van der Waals surface area contributed by atoms with E-state index in [0.29, 0.717) is 12.5 Å². The van der Waals surface area contributed by atoms with Crippen molar-refractivity contribution in [1.82, 2.24) is 4.57 Å². The van der Waals surface area contributed by atoms with E-state index in [0.717, 1.165) is 22.6 Å². The van der Waals surface area contributed by atoms with Crippen LogP contribution in [0.25, 0.3) is 0 Å². The molecule has 0 radical (unpaired) electrons. The van der Waals surface area contributed by atoms with Gasteiger partial charge in [-0.2, -0.15) is 0 Å². The Morgan fingerprint density at radius 3 is 2.19 bits per heavy atom. The third-order valence-corrected chi connectivity index (χ3v) is 5.01. The van der Waals surface area contributed by atoms with Crippen molar-refractivity contribution >= 4 is 11.6 Å². The highest BCUT2D eigenvalue weighted by Gasteiger charge is 2.18. The van der Waals surface area contributed by atoms with Crippen molar-refractivity contribution < 1.29 is 4.79 Å². The first kappa shape index (κ1) is 19.0. The first-order valence-corrected chi connectivity index (χ1v) is 9.48. The molecular weight excluding hydrogens is 332 g/mol. The quantitative estimate of drug-likeness (QED) is 0.609. The fourth-order valence-electron chi connectivity index (χ4n) is 3.37. The van der Waals surface area contributed by atoms with Gasteiger partial charge in [-0.25, -0.2) is 0 Å². The van der Waals surface area contributed by atoms with E-state index in [-0.39, 0.29) is 5.91 Å². The molecule has 1 N–H and O–H groups in total. The van der Waals surface area contributed by atoms with Crippen LogP contribution in [0.15, 0.2) is 54.6 Å². The lowest BCUT2D eigenvalue weighted by Crippen LogP contribution is -2.19. The molecule has 0 fully saturated rings. The number of carbonyl (C=O) groups excluding carboxylic acids is 1. The average molecular weight is 361 g/mol. The van der Waals surface area contributed by atoms with Crippen LogP contribution in [0.2, 0.25) is 0 Å². The molecule has 1 aromatic heterocycles. The summed E-state index contributed by atoms with van der Waals surface area (Å²) in [5, 5.41) is 3.05. The summed E-state index contributed by atoms with van der Waals surface area (Å²) in [6.07, 6.45) is 0. The molecule has 3 rings (SSSR count). The number of anilines is 1. The normalized spacial score (nSPS) is 11.0. The highest BCUT2D eigenvalue weighted by atomic mass is 16.2. The molecule has 1 amide bonds. The summed E-state index contributed by atoms with van der Waals surface area (Å²) in [4.78, 5) is 13.0. The van der Waals surface area contributed by atoms with Gasteiger partial charge < -0.3 is 9.88 Å². The van der Waals surface area contributed by atoms with Gasteiger partial charge in [0.15, 0.2) is 0 Å². The number of hydrogen-bond acceptors (Lipinski definition) is 1. The topological polar surface area (TPSA) is 34.0 Å². The van der Waals surface area contributed by atoms with Crippen LogP contribution < -0.4 is 5.32 Å². The van der Waals surface area contributed by atoms with Gasteiger partial charge in [-0.15, -0.1) is 0 Å². The maximum atomic E-state index is 13.0. The van der Waals surface area contributed by atoms with Gasteiger partial charge in [0.1, 0.15) is 5.69 Å². The van der Waals surface area contributed by atoms with E-state index in [1.807, 2.05) is 19.1 Å². The second-order valence-corrected chi connectivity index (χ2v) is 7.62. The molecule has 0 saturated carbocycles. The average Bonchev–Trinajstić information content (AvgIpc) is 2.90. The highest BCUT2D eigenvalue weighted by molar-refractivity contribution is 6.04. The fourth-order valence-corrected chi connectivity index (χ4v) is 3.37. The molecule has 0 aliphatic carbocycles. The number of rotatable bonds is 5. The van der Waals surface area contributed by atoms with Crippen LogP contribution in [0.1, 0.15) is 58.2 Å². The second-order valence-electron chi connectivity index (χ2n) is 7.62. The van der Waals surface area contributed by atoms with Crippen LogP contribution in [0.3, 0.4) is 0 Å². The van der Waals surface area contributed by atoms with E-state index in [9.17, 15) is 4.79 Å². The predicted octanol–water partition coefficient (Wildman–Crippen LogP) is 5.84. The third kappa shape index (κ3) is 4.30. The Morgan fingerprint density at radius 1 is 0.963 bits per heavy atom. The minimum atomic E-state index is -0.0648. The fraction of sp³-hybridized carbons (Fsp3) is 0.292. The van der Waals surface area contributed by atoms with Gasteiger partial charge in [0.2, 0.25) is 0 Å². The zero-order valence-corrected chi connectivity index (χ0v) is 16.8. The summed E-state index contributed by atoms with van der Waals surface area (Å²) in [5.41, 5.74) is 7.33. The second kappa shape index (κ2) is 7.83. The van der Waals surface area contributed by atoms with Crippen molar-refractivity contribution in [3.05, 3.63) is 88.2 Å². The molecule has 3 aromatic rings. The Morgan fingerprint density at radius 2 is 1.59 bits per heavy atom. The van der Waals surface area contributed by atoms with E-state index in [1.54, 1.807) is 0 Å². The van der Waals surface area contributed by atoms with Crippen molar-refractivity contribution in [3.8, 4) is 0 Å². The number of amides is 1. The van der Waals surface area contributed by atoms with E-state index in [1.165, 1.54) is 16.7 Å². The van der Waals surface area contributed by atoms with Crippen LogP contribution in [-0.2, 0) is 6.54 Å². The Balaban J connectivity index is 1.84. The molecule has 140 valence electrons. The lowest BCUT2D eigenvalue weighted by molar-refractivity contribution is 0.101. The molecule has 0 spiro atoms. The molecule has 0 saturated heterocycles. The molecule has 3 nitrogen and oxygen atoms in total. The molecule has 0 aliphatic heterocycles. The van der Waals surface area contributed by atoms with Crippen LogP contribution in [0.5, 0.6) is 0 Å². The molecule has 0 bridgehead atoms. The Bertz CT molecular complexity index is 932. The van der Waals surface area contributed by atoms with Gasteiger partial charge >= 0.3 is 0 Å². The first-order chi connectivity index (χ1) is 12.8. The van der Waals surface area contributed by atoms with Crippen LogP contribution in [0, 0.1) is 20.8 Å². The van der Waals surface area contributed by atoms with Crippen LogP contribution in [-0.4, -0.2) is 10.5 Å². The van der Waals surface area contributed by atoms with Crippen molar-refractivity contribution in [2.24, 2.45) is 0 Å². The number of nitrogens with one attached hydrogen (secondary N) is 1. The van der Waals surface area contributed by atoms with Gasteiger partial charge in [0, 0.05) is 17.9 Å². The molecule has 1 heterocycles. The highest BCUT2D eigenvalue weighted by Crippen LogP contribution is 2.21. The molecule has 0 unspecified atom stereocenters. The molecule has 0 atom stereocenters. The Kier molecular flexibility index (Phi) is 5.50. The summed E-state index contributed by atoms with van der Waals surface area (Å²) in [6.45, 7) is 11.1. The van der Waals surface area contributed by atoms with E-state index in [4.69, 9.17) is 0 Å². The molecule has 27 heavy (non-hydrogen) atoms. The number of benzene rings is 2. The monoisotopic (exact) mass is 360 g/mol. The summed E-state index contributed by atoms with van der Waals surface area (Å²) >= 11 is 0. The van der Waals surface area contributed by atoms with E-state index >= 15 is 0 Å². The predicted molar refractivity (Wildman–Crippen MR) is 113 cm³/mol. The third-order valence-electron chi connectivity index (χ3n) is 5.01. The molecule has 0 aliphatic rings. The number of aryl methyl sites for hydroxylation is 3. The van der Waals surface area contributed by atoms with Crippen molar-refractivity contribution in [1.29, 1.82) is 0 Å². The minimum Gasteiger partial charge on any atom is -0.336 e. The summed E-state index contributed by atoms with van der Waals surface area (Å²) in [7, 11) is 0. The molecule has 2 aromatic carbocycles. The smallest absolute Gasteiger partial charge is 0.272 e. The van der Waals surface area contributed by atoms with E-state index < -0.39 is 0 Å². The molecule has 3 heteroatoms. The van der Waals surface area contributed by atoms with Crippen LogP contribution in [0.4, 0.5) is 5.69 Å². The number of aromatic nitrogens is 1. The van der Waals surface area contributed by atoms with Gasteiger partial charge in [0.05, 0.1) is 0 Å². The SMILES string of the molecule is Cc1ccc(Cn2c(C)cc(C)c2C(=O)Nc2ccc(C(C)C)cc2)cc1. The maximum absolute atomic E-state index is 13.0. The largest absolute Gasteiger partial charge is 0.336 e. The lowest BCUT2D eigenvalue weighted by atomic mass is 10.0. The van der Waals surface area contributed by atoms with Crippen LogP contribution >= 0.6 is 0 Å². The zero-order valence-electron chi connectivity index (χ0n) is 16.8. The lowest BCUT2D eigenvalue weighted by Gasteiger charge is -2.14. The van der Waals surface area contributed by atoms with Crippen molar-refractivity contribution in [3.63, 3.8) is 0 Å². The number of nitrogens with zero attached hydrogens (tertiary/aromatic N) is 1. The summed E-state index contributed by atoms with van der Waals surface area (Å²) < 4.78 is 2.10. The van der Waals surface area contributed by atoms with Gasteiger partial charge in [-0.1, -0.05) is 55.8 Å². The van der Waals surface area contributed by atoms with Gasteiger partial charge in [-0.05, 0) is 61.6 Å². The number of carbonyl (C=O) groups is 1. The minimum absolute atomic E-state index is 0.0648. The van der Waals surface area contributed by atoms with Gasteiger partial charge in [0.25, 0.3) is 5.91 Å². The summed E-state index contributed by atoms with van der Waals surface area (Å²) in [5.74, 6) is 0.413. The van der Waals surface area contributed by atoms with E-state index in [2.05, 4.69) is 80.0 Å². The first-order valence-electron chi connectivity index (χ1n) is 9.48. The Labute approximate surface area is 162 Å². The Hall–Kier alpha value is -2.81. The van der Waals surface area contributed by atoms with Crippen molar-refractivity contribution in [2.75, 3.05) is 5.32 Å². The summed E-state index contributed by atoms with van der Waals surface area (Å²) in [6, 6.07) is 18.6. The standard InChI is InChI=1S/C24H28N2O/c1-16(2)21-10-12-22(13-11-21)25-24(27)23-18(4)14-19(5)26(23)15-20-8-6-17(3)7-9-20/h6-14,16H,15H2,1-5H3,(H,25,27). The van der Waals surface area contributed by atoms with Crippen molar-refractivity contribution in [2.45, 2.75) is 47.1 Å². The van der Waals surface area contributed by atoms with Gasteiger partial charge in [-0.3, -0.25) is 4.79 Å².